The molecule has 1 heterocycles. The minimum absolute atomic E-state index is 0.0880. The van der Waals surface area contributed by atoms with Gasteiger partial charge in [-0.15, -0.1) is 0 Å². The van der Waals surface area contributed by atoms with Crippen molar-refractivity contribution in [2.75, 3.05) is 4.90 Å². The van der Waals surface area contributed by atoms with Crippen molar-refractivity contribution >= 4 is 49.8 Å². The summed E-state index contributed by atoms with van der Waals surface area (Å²) < 4.78 is 6.66. The number of anilines is 3. The van der Waals surface area contributed by atoms with Crippen LogP contribution >= 0.6 is 0 Å². The van der Waals surface area contributed by atoms with Gasteiger partial charge in [0, 0.05) is 43.9 Å². The molecule has 0 saturated heterocycles. The first-order chi connectivity index (χ1) is 29.3. The van der Waals surface area contributed by atoms with E-state index in [2.05, 4.69) is 221 Å². The van der Waals surface area contributed by atoms with Crippen molar-refractivity contribution in [1.29, 1.82) is 0 Å². The lowest BCUT2D eigenvalue weighted by atomic mass is 9.82. The lowest BCUT2D eigenvalue weighted by molar-refractivity contribution is 0.660. The van der Waals surface area contributed by atoms with Gasteiger partial charge in [0.25, 0.3) is 0 Å². The van der Waals surface area contributed by atoms with Gasteiger partial charge in [-0.2, -0.15) is 0 Å². The Labute approximate surface area is 351 Å². The maximum absolute atomic E-state index is 6.66. The highest BCUT2D eigenvalue weighted by molar-refractivity contribution is 6.19. The summed E-state index contributed by atoms with van der Waals surface area (Å²) >= 11 is 0. The van der Waals surface area contributed by atoms with Crippen molar-refractivity contribution in [3.63, 3.8) is 0 Å². The SMILES string of the molecule is CC1(C)c2ccccc2-c2cc(N(c3cccc(-c4cccc5oc6c7ccccc7ccc6c45)c3)c3ccccc3-c3cccc4c3-c3ccccc3C4(C)C)ccc21. The van der Waals surface area contributed by atoms with Gasteiger partial charge < -0.3 is 9.32 Å². The molecule has 2 aliphatic rings. The molecule has 2 aliphatic carbocycles. The van der Waals surface area contributed by atoms with E-state index in [0.29, 0.717) is 0 Å². The molecule has 60 heavy (non-hydrogen) atoms. The van der Waals surface area contributed by atoms with Crippen LogP contribution in [0.5, 0.6) is 0 Å². The summed E-state index contributed by atoms with van der Waals surface area (Å²) in [5.74, 6) is 0. The van der Waals surface area contributed by atoms with Crippen molar-refractivity contribution < 1.29 is 4.42 Å². The average molecular weight is 770 g/mol. The van der Waals surface area contributed by atoms with Gasteiger partial charge >= 0.3 is 0 Å². The lowest BCUT2D eigenvalue weighted by Crippen LogP contribution is -2.16. The number of benzene rings is 9. The van der Waals surface area contributed by atoms with Gasteiger partial charge in [0.2, 0.25) is 0 Å². The zero-order valence-electron chi connectivity index (χ0n) is 34.3. The van der Waals surface area contributed by atoms with E-state index < -0.39 is 0 Å². The monoisotopic (exact) mass is 769 g/mol. The Hall–Kier alpha value is -7.16. The van der Waals surface area contributed by atoms with Crippen LogP contribution in [0.3, 0.4) is 0 Å². The molecule has 12 rings (SSSR count). The van der Waals surface area contributed by atoms with E-state index >= 15 is 0 Å². The van der Waals surface area contributed by atoms with E-state index in [4.69, 9.17) is 4.42 Å². The number of hydrogen-bond acceptors (Lipinski definition) is 2. The van der Waals surface area contributed by atoms with Crippen LogP contribution in [0.1, 0.15) is 49.9 Å². The maximum atomic E-state index is 6.66. The Balaban J connectivity index is 1.10. The van der Waals surface area contributed by atoms with E-state index in [-0.39, 0.29) is 10.8 Å². The first kappa shape index (κ1) is 34.8. The number of furan rings is 1. The topological polar surface area (TPSA) is 16.4 Å². The summed E-state index contributed by atoms with van der Waals surface area (Å²) in [6, 6.07) is 69.4. The van der Waals surface area contributed by atoms with Gasteiger partial charge in [-0.25, -0.2) is 0 Å². The molecule has 0 saturated carbocycles. The third-order valence-corrected chi connectivity index (χ3v) is 13.7. The van der Waals surface area contributed by atoms with E-state index in [1.54, 1.807) is 0 Å². The van der Waals surface area contributed by atoms with Crippen LogP contribution in [0.2, 0.25) is 0 Å². The van der Waals surface area contributed by atoms with Crippen LogP contribution in [0.4, 0.5) is 17.1 Å². The van der Waals surface area contributed by atoms with Crippen LogP contribution < -0.4 is 4.90 Å². The molecular weight excluding hydrogens is 727 g/mol. The van der Waals surface area contributed by atoms with Crippen molar-refractivity contribution in [3.8, 4) is 44.5 Å². The van der Waals surface area contributed by atoms with Gasteiger partial charge in [0.05, 0.1) is 5.69 Å². The molecule has 0 atom stereocenters. The second-order valence-corrected chi connectivity index (χ2v) is 17.6. The summed E-state index contributed by atoms with van der Waals surface area (Å²) in [6.45, 7) is 9.43. The third kappa shape index (κ3) is 4.88. The molecule has 0 aliphatic heterocycles. The fourth-order valence-corrected chi connectivity index (χ4v) is 10.8. The Morgan fingerprint density at radius 3 is 1.88 bits per heavy atom. The molecule has 0 radical (unpaired) electrons. The van der Waals surface area contributed by atoms with Crippen LogP contribution in [-0.4, -0.2) is 0 Å². The van der Waals surface area contributed by atoms with E-state index in [1.165, 1.54) is 61.0 Å². The van der Waals surface area contributed by atoms with Gasteiger partial charge in [-0.3, -0.25) is 0 Å². The first-order valence-corrected chi connectivity index (χ1v) is 21.1. The molecular formula is C58H43NO. The summed E-state index contributed by atoms with van der Waals surface area (Å²) in [5.41, 5.74) is 20.5. The smallest absolute Gasteiger partial charge is 0.143 e. The number of hydrogen-bond donors (Lipinski definition) is 0. The molecule has 9 aromatic carbocycles. The third-order valence-electron chi connectivity index (χ3n) is 13.7. The molecule has 0 N–H and O–H groups in total. The standard InChI is InChI=1S/C58H43NO/c1-57(2)48-25-10-7-20-42(48)47-35-39(31-33-50(47)57)59(52-28-12-9-21-43(52)44-24-14-27-51-54(44)45-22-8-11-26-49(45)58(51,3)4)38-18-13-17-37(34-38)40-23-15-29-53-55(40)46-32-30-36-16-5-6-19-41(36)56(46)60-53/h5-35H,1-4H3. The zero-order valence-corrected chi connectivity index (χ0v) is 34.3. The number of fused-ring (bicyclic) bond motifs is 11. The summed E-state index contributed by atoms with van der Waals surface area (Å²) in [5, 5.41) is 4.58. The molecule has 0 bridgehead atoms. The number of rotatable bonds is 5. The number of para-hydroxylation sites is 1. The summed E-state index contributed by atoms with van der Waals surface area (Å²) in [4.78, 5) is 2.49. The lowest BCUT2D eigenvalue weighted by Gasteiger charge is -2.30. The van der Waals surface area contributed by atoms with Crippen LogP contribution in [0, 0.1) is 0 Å². The van der Waals surface area contributed by atoms with Gasteiger partial charge in [-0.1, -0.05) is 173 Å². The fourth-order valence-electron chi connectivity index (χ4n) is 10.8. The highest BCUT2D eigenvalue weighted by Crippen LogP contribution is 2.55. The Kier molecular flexibility index (Phi) is 7.36. The summed E-state index contributed by atoms with van der Waals surface area (Å²) in [6.07, 6.45) is 0. The van der Waals surface area contributed by atoms with E-state index in [0.717, 1.165) is 55.5 Å². The van der Waals surface area contributed by atoms with Gasteiger partial charge in [0.15, 0.2) is 0 Å². The molecule has 0 spiro atoms. The molecule has 1 aromatic heterocycles. The quantitative estimate of drug-likeness (QED) is 0.173. The van der Waals surface area contributed by atoms with E-state index in [9.17, 15) is 0 Å². The first-order valence-electron chi connectivity index (χ1n) is 21.1. The van der Waals surface area contributed by atoms with Crippen LogP contribution in [-0.2, 0) is 10.8 Å². The highest BCUT2D eigenvalue weighted by atomic mass is 16.3. The minimum Gasteiger partial charge on any atom is -0.455 e. The molecule has 0 unspecified atom stereocenters. The summed E-state index contributed by atoms with van der Waals surface area (Å²) in [7, 11) is 0. The van der Waals surface area contributed by atoms with Gasteiger partial charge in [0.1, 0.15) is 11.2 Å². The van der Waals surface area contributed by atoms with E-state index in [1.807, 2.05) is 0 Å². The highest BCUT2D eigenvalue weighted by Gasteiger charge is 2.38. The molecule has 286 valence electrons. The maximum Gasteiger partial charge on any atom is 0.143 e. The number of nitrogens with zero attached hydrogens (tertiary/aromatic N) is 1. The Morgan fingerprint density at radius 1 is 0.400 bits per heavy atom. The molecule has 0 amide bonds. The van der Waals surface area contributed by atoms with Crippen LogP contribution in [0.15, 0.2) is 192 Å². The molecule has 2 heteroatoms. The predicted octanol–water partition coefficient (Wildman–Crippen LogP) is 16.2. The normalized spacial score (nSPS) is 14.3. The minimum atomic E-state index is -0.102. The molecule has 10 aromatic rings. The predicted molar refractivity (Wildman–Crippen MR) is 252 cm³/mol. The van der Waals surface area contributed by atoms with Crippen molar-refractivity contribution in [1.82, 2.24) is 0 Å². The second-order valence-electron chi connectivity index (χ2n) is 17.6. The average Bonchev–Trinajstić information content (AvgIpc) is 3.87. The van der Waals surface area contributed by atoms with Crippen molar-refractivity contribution in [3.05, 3.63) is 210 Å². The van der Waals surface area contributed by atoms with Crippen LogP contribution in [0.25, 0.3) is 77.2 Å². The van der Waals surface area contributed by atoms with Crippen molar-refractivity contribution in [2.45, 2.75) is 38.5 Å². The molecule has 0 fully saturated rings. The largest absolute Gasteiger partial charge is 0.455 e. The van der Waals surface area contributed by atoms with Gasteiger partial charge in [-0.05, 0) is 109 Å². The zero-order chi connectivity index (χ0) is 40.3. The second kappa shape index (κ2) is 12.7. The Bertz CT molecular complexity index is 3400. The Morgan fingerprint density at radius 2 is 1.02 bits per heavy atom. The fraction of sp³-hybridized carbons (Fsp3) is 0.103. The molecule has 2 nitrogen and oxygen atoms in total. The van der Waals surface area contributed by atoms with Crippen molar-refractivity contribution in [2.24, 2.45) is 0 Å².